The fourth-order valence-corrected chi connectivity index (χ4v) is 0.852. The van der Waals surface area contributed by atoms with E-state index in [1.54, 1.807) is 6.92 Å². The van der Waals surface area contributed by atoms with E-state index in [4.69, 9.17) is 0 Å². The first-order valence-electron chi connectivity index (χ1n) is 3.91. The Bertz CT molecular complexity index is 99.4. The third kappa shape index (κ3) is 7.63. The molecule has 0 amide bonds. The van der Waals surface area contributed by atoms with Crippen LogP contribution in [0.25, 0.3) is 0 Å². The van der Waals surface area contributed by atoms with Crippen LogP contribution in [0, 0.1) is 0 Å². The van der Waals surface area contributed by atoms with E-state index in [1.807, 2.05) is 0 Å². The van der Waals surface area contributed by atoms with Crippen molar-refractivity contribution >= 4 is 5.78 Å². The van der Waals surface area contributed by atoms with E-state index in [0.717, 1.165) is 12.8 Å². The number of nitrogens with one attached hydrogen (secondary N) is 1. The van der Waals surface area contributed by atoms with Gasteiger partial charge in [-0.2, -0.15) is 0 Å². The van der Waals surface area contributed by atoms with Gasteiger partial charge in [0.1, 0.15) is 5.78 Å². The van der Waals surface area contributed by atoms with Gasteiger partial charge < -0.3 is 9.69 Å². The molecule has 0 saturated heterocycles. The van der Waals surface area contributed by atoms with Gasteiger partial charge >= 0.3 is 0 Å². The van der Waals surface area contributed by atoms with Gasteiger partial charge in [0.15, 0.2) is 0 Å². The molecule has 10 heavy (non-hydrogen) atoms. The number of carbonyl (C=O) groups is 1. The summed E-state index contributed by atoms with van der Waals surface area (Å²) in [6.45, 7) is 2.83. The summed E-state index contributed by atoms with van der Waals surface area (Å²) in [5, 5.41) is 0. The number of quaternary nitrogens is 1. The molecule has 2 heteroatoms. The molecule has 0 fully saturated rings. The van der Waals surface area contributed by atoms with Gasteiger partial charge in [0.2, 0.25) is 0 Å². The third-order valence-corrected chi connectivity index (χ3v) is 1.46. The summed E-state index contributed by atoms with van der Waals surface area (Å²) in [6, 6.07) is 0. The minimum absolute atomic E-state index is 0.314. The van der Waals surface area contributed by atoms with E-state index in [-0.39, 0.29) is 0 Å². The largest absolute Gasteiger partial charge is 0.340 e. The molecule has 0 heterocycles. The van der Waals surface area contributed by atoms with E-state index in [0.29, 0.717) is 5.78 Å². The standard InChI is InChI=1S/C8H17NO/c1-8(10)6-4-5-7-9(2)3/h4-7H2,1-3H3/p+1. The number of rotatable bonds is 5. The maximum absolute atomic E-state index is 10.5. The Labute approximate surface area is 63.2 Å². The summed E-state index contributed by atoms with van der Waals surface area (Å²) in [7, 11) is 4.27. The molecule has 0 radical (unpaired) electrons. The molecule has 0 aromatic rings. The molecule has 0 aliphatic rings. The van der Waals surface area contributed by atoms with Crippen LogP contribution in [0.4, 0.5) is 0 Å². The van der Waals surface area contributed by atoms with Gasteiger partial charge in [-0.25, -0.2) is 0 Å². The van der Waals surface area contributed by atoms with Crippen molar-refractivity contribution in [2.75, 3.05) is 20.6 Å². The van der Waals surface area contributed by atoms with Crippen LogP contribution in [0.5, 0.6) is 0 Å². The first-order chi connectivity index (χ1) is 4.63. The zero-order valence-corrected chi connectivity index (χ0v) is 7.24. The van der Waals surface area contributed by atoms with Crippen molar-refractivity contribution < 1.29 is 9.69 Å². The Morgan fingerprint density at radius 2 is 1.90 bits per heavy atom. The second-order valence-corrected chi connectivity index (χ2v) is 3.12. The highest BCUT2D eigenvalue weighted by atomic mass is 16.1. The molecule has 0 spiro atoms. The second kappa shape index (κ2) is 5.42. The number of Topliss-reactive ketones (excluding diaryl/α,β-unsaturated/α-hetero) is 1. The van der Waals surface area contributed by atoms with E-state index in [9.17, 15) is 4.79 Å². The molecule has 0 atom stereocenters. The predicted octanol–water partition coefficient (Wildman–Crippen LogP) is -0.110. The normalized spacial score (nSPS) is 10.4. The highest BCUT2D eigenvalue weighted by Crippen LogP contribution is 1.92. The number of hydrogen-bond acceptors (Lipinski definition) is 1. The maximum atomic E-state index is 10.5. The van der Waals surface area contributed by atoms with Gasteiger partial charge in [-0.05, 0) is 19.8 Å². The number of carbonyl (C=O) groups excluding carboxylic acids is 1. The molecule has 60 valence electrons. The molecule has 0 aliphatic heterocycles. The van der Waals surface area contributed by atoms with Crippen molar-refractivity contribution in [3.63, 3.8) is 0 Å². The van der Waals surface area contributed by atoms with Gasteiger partial charge in [0, 0.05) is 6.42 Å². The first-order valence-corrected chi connectivity index (χ1v) is 3.91. The minimum Gasteiger partial charge on any atom is -0.340 e. The smallest absolute Gasteiger partial charge is 0.129 e. The second-order valence-electron chi connectivity index (χ2n) is 3.12. The lowest BCUT2D eigenvalue weighted by Crippen LogP contribution is -3.05. The van der Waals surface area contributed by atoms with Crippen LogP contribution in [-0.4, -0.2) is 26.4 Å². The molecule has 0 bridgehead atoms. The van der Waals surface area contributed by atoms with Crippen molar-refractivity contribution in [1.29, 1.82) is 0 Å². The van der Waals surface area contributed by atoms with Crippen molar-refractivity contribution in [2.45, 2.75) is 26.2 Å². The molecule has 0 aliphatic carbocycles. The van der Waals surface area contributed by atoms with Crippen LogP contribution in [0.15, 0.2) is 0 Å². The SMILES string of the molecule is CC(=O)CCCC[NH+](C)C. The van der Waals surface area contributed by atoms with Crippen molar-refractivity contribution in [2.24, 2.45) is 0 Å². The summed E-state index contributed by atoms with van der Waals surface area (Å²) in [5.41, 5.74) is 0. The van der Waals surface area contributed by atoms with Gasteiger partial charge in [-0.3, -0.25) is 0 Å². The average molecular weight is 144 g/mol. The summed E-state index contributed by atoms with van der Waals surface area (Å²) >= 11 is 0. The molecule has 0 saturated carbocycles. The Kier molecular flexibility index (Phi) is 5.22. The number of hydrogen-bond donors (Lipinski definition) is 1. The van der Waals surface area contributed by atoms with Crippen LogP contribution >= 0.6 is 0 Å². The van der Waals surface area contributed by atoms with Crippen LogP contribution in [0.3, 0.4) is 0 Å². The summed E-state index contributed by atoms with van der Waals surface area (Å²) in [6.07, 6.45) is 2.98. The molecule has 0 aromatic heterocycles. The van der Waals surface area contributed by atoms with E-state index < -0.39 is 0 Å². The molecule has 0 unspecified atom stereocenters. The van der Waals surface area contributed by atoms with Crippen LogP contribution in [0.2, 0.25) is 0 Å². The molecule has 2 nitrogen and oxygen atoms in total. The lowest BCUT2D eigenvalue weighted by Gasteiger charge is -2.04. The summed E-state index contributed by atoms with van der Waals surface area (Å²) in [5.74, 6) is 0.314. The van der Waals surface area contributed by atoms with Gasteiger partial charge in [-0.1, -0.05) is 0 Å². The van der Waals surface area contributed by atoms with Gasteiger partial charge in [-0.15, -0.1) is 0 Å². The lowest BCUT2D eigenvalue weighted by atomic mass is 10.2. The molecule has 1 N–H and O–H groups in total. The monoisotopic (exact) mass is 144 g/mol. The summed E-state index contributed by atoms with van der Waals surface area (Å²) < 4.78 is 0. The highest BCUT2D eigenvalue weighted by Gasteiger charge is 1.95. The Hall–Kier alpha value is -0.370. The lowest BCUT2D eigenvalue weighted by molar-refractivity contribution is -0.858. The van der Waals surface area contributed by atoms with Crippen molar-refractivity contribution in [3.05, 3.63) is 0 Å². The Morgan fingerprint density at radius 1 is 1.30 bits per heavy atom. The fourth-order valence-electron chi connectivity index (χ4n) is 0.852. The van der Waals surface area contributed by atoms with E-state index in [2.05, 4.69) is 14.1 Å². The highest BCUT2D eigenvalue weighted by molar-refractivity contribution is 5.75. The molecule has 0 rings (SSSR count). The minimum atomic E-state index is 0.314. The quantitative estimate of drug-likeness (QED) is 0.534. The van der Waals surface area contributed by atoms with Crippen molar-refractivity contribution in [3.8, 4) is 0 Å². The average Bonchev–Trinajstić information content (AvgIpc) is 1.79. The van der Waals surface area contributed by atoms with E-state index >= 15 is 0 Å². The van der Waals surface area contributed by atoms with E-state index in [1.165, 1.54) is 17.9 Å². The maximum Gasteiger partial charge on any atom is 0.129 e. The Balaban J connectivity index is 2.98. The van der Waals surface area contributed by atoms with Crippen molar-refractivity contribution in [1.82, 2.24) is 0 Å². The van der Waals surface area contributed by atoms with Crippen LogP contribution in [0.1, 0.15) is 26.2 Å². The zero-order chi connectivity index (χ0) is 7.98. The Morgan fingerprint density at radius 3 is 2.30 bits per heavy atom. The molecular formula is C8H18NO+. The van der Waals surface area contributed by atoms with Crippen LogP contribution in [-0.2, 0) is 4.79 Å². The number of ketones is 1. The van der Waals surface area contributed by atoms with Crippen LogP contribution < -0.4 is 4.90 Å². The topological polar surface area (TPSA) is 21.5 Å². The number of unbranched alkanes of at least 4 members (excludes halogenated alkanes) is 1. The third-order valence-electron chi connectivity index (χ3n) is 1.46. The fraction of sp³-hybridized carbons (Fsp3) is 0.875. The van der Waals surface area contributed by atoms with Gasteiger partial charge in [0.25, 0.3) is 0 Å². The first kappa shape index (κ1) is 9.63. The molecular weight excluding hydrogens is 126 g/mol. The van der Waals surface area contributed by atoms with Gasteiger partial charge in [0.05, 0.1) is 20.6 Å². The predicted molar refractivity (Wildman–Crippen MR) is 42.2 cm³/mol. The summed E-state index contributed by atoms with van der Waals surface area (Å²) in [4.78, 5) is 11.9. The zero-order valence-electron chi connectivity index (χ0n) is 7.24. The molecule has 0 aromatic carbocycles.